The van der Waals surface area contributed by atoms with Crippen molar-refractivity contribution in [3.05, 3.63) is 57.8 Å². The van der Waals surface area contributed by atoms with Crippen molar-refractivity contribution in [2.45, 2.75) is 13.1 Å². The maximum absolute atomic E-state index is 13.5. The third-order valence-corrected chi connectivity index (χ3v) is 4.28. The van der Waals surface area contributed by atoms with Crippen molar-refractivity contribution in [1.29, 1.82) is 0 Å². The van der Waals surface area contributed by atoms with Crippen LogP contribution in [0.2, 0.25) is 5.02 Å². The summed E-state index contributed by atoms with van der Waals surface area (Å²) in [5.74, 6) is -0.929. The minimum absolute atomic E-state index is 0.140. The molecule has 1 aromatic carbocycles. The van der Waals surface area contributed by atoms with Gasteiger partial charge >= 0.3 is 6.18 Å². The Hall–Kier alpha value is -2.39. The summed E-state index contributed by atoms with van der Waals surface area (Å²) >= 11 is 6.92. The number of anilines is 1. The third-order valence-electron chi connectivity index (χ3n) is 3.20. The number of hydrogen-bond donors (Lipinski definition) is 1. The van der Waals surface area contributed by atoms with Crippen molar-refractivity contribution in [2.75, 3.05) is 5.32 Å². The van der Waals surface area contributed by atoms with E-state index in [0.717, 1.165) is 22.4 Å². The average Bonchev–Trinajstić information content (AvgIpc) is 3.14. The number of benzene rings is 1. The lowest BCUT2D eigenvalue weighted by Gasteiger charge is -2.12. The Bertz CT molecular complexity index is 918. The molecule has 0 radical (unpaired) electrons. The minimum atomic E-state index is -4.78. The summed E-state index contributed by atoms with van der Waals surface area (Å²) in [5, 5.41) is 6.68. The lowest BCUT2D eigenvalue weighted by Crippen LogP contribution is -2.20. The van der Waals surface area contributed by atoms with Crippen LogP contribution in [0, 0.1) is 6.92 Å². The molecule has 1 N–H and O–H groups in total. The van der Waals surface area contributed by atoms with Crippen molar-refractivity contribution >= 4 is 34.0 Å². The summed E-state index contributed by atoms with van der Waals surface area (Å²) in [5.41, 5.74) is -1.61. The molecule has 3 rings (SSSR count). The zero-order chi connectivity index (χ0) is 18.2. The molecule has 2 heterocycles. The highest BCUT2D eigenvalue weighted by Crippen LogP contribution is 2.34. The molecule has 1 amide bonds. The monoisotopic (exact) mass is 386 g/mol. The van der Waals surface area contributed by atoms with Crippen LogP contribution >= 0.6 is 22.9 Å². The van der Waals surface area contributed by atoms with Crippen LogP contribution in [0.1, 0.15) is 20.9 Å². The highest BCUT2D eigenvalue weighted by Gasteiger charge is 2.40. The molecule has 25 heavy (non-hydrogen) atoms. The van der Waals surface area contributed by atoms with Gasteiger partial charge in [-0.1, -0.05) is 11.6 Å². The second-order valence-corrected chi connectivity index (χ2v) is 6.69. The summed E-state index contributed by atoms with van der Waals surface area (Å²) in [6, 6.07) is 5.65. The highest BCUT2D eigenvalue weighted by atomic mass is 35.5. The summed E-state index contributed by atoms with van der Waals surface area (Å²) in [7, 11) is 0. The highest BCUT2D eigenvalue weighted by molar-refractivity contribution is 7.15. The molecule has 0 spiro atoms. The van der Waals surface area contributed by atoms with Gasteiger partial charge in [0.2, 0.25) is 0 Å². The number of rotatable bonds is 3. The average molecular weight is 387 g/mol. The second-order valence-electron chi connectivity index (χ2n) is 5.02. The number of nitrogens with one attached hydrogen (secondary N) is 1. The zero-order valence-corrected chi connectivity index (χ0v) is 14.2. The fourth-order valence-electron chi connectivity index (χ4n) is 2.14. The number of aryl methyl sites for hydroxylation is 1. The minimum Gasteiger partial charge on any atom is -0.298 e. The van der Waals surface area contributed by atoms with E-state index in [9.17, 15) is 18.0 Å². The van der Waals surface area contributed by atoms with E-state index in [1.807, 2.05) is 0 Å². The van der Waals surface area contributed by atoms with Crippen molar-refractivity contribution < 1.29 is 18.0 Å². The summed E-state index contributed by atoms with van der Waals surface area (Å²) in [6.45, 7) is 1.77. The molecule has 0 fully saturated rings. The lowest BCUT2D eigenvalue weighted by molar-refractivity contribution is -0.143. The van der Waals surface area contributed by atoms with E-state index in [1.54, 1.807) is 6.92 Å². The van der Waals surface area contributed by atoms with Gasteiger partial charge in [0.1, 0.15) is 0 Å². The first kappa shape index (κ1) is 17.4. The number of carbonyl (C=O) groups is 1. The smallest absolute Gasteiger partial charge is 0.298 e. The van der Waals surface area contributed by atoms with Crippen LogP contribution in [0.5, 0.6) is 0 Å². The number of aromatic nitrogens is 3. The molecule has 0 saturated carbocycles. The molecular formula is C15H10ClF3N4OS. The van der Waals surface area contributed by atoms with Crippen LogP contribution in [-0.4, -0.2) is 20.7 Å². The molecular weight excluding hydrogens is 377 g/mol. The van der Waals surface area contributed by atoms with Gasteiger partial charge in [-0.2, -0.15) is 18.3 Å². The molecule has 0 aliphatic carbocycles. The first-order chi connectivity index (χ1) is 11.8. The molecule has 0 atom stereocenters. The first-order valence-electron chi connectivity index (χ1n) is 6.90. The van der Waals surface area contributed by atoms with Gasteiger partial charge in [0.05, 0.1) is 17.4 Å². The largest absolute Gasteiger partial charge is 0.434 e. The molecule has 130 valence electrons. The van der Waals surface area contributed by atoms with Gasteiger partial charge in [-0.3, -0.25) is 10.1 Å². The van der Waals surface area contributed by atoms with Crippen LogP contribution in [0.3, 0.4) is 0 Å². The van der Waals surface area contributed by atoms with E-state index in [0.29, 0.717) is 9.70 Å². The number of halogens is 4. The molecule has 5 nitrogen and oxygen atoms in total. The molecule has 0 saturated heterocycles. The van der Waals surface area contributed by atoms with E-state index in [-0.39, 0.29) is 10.8 Å². The van der Waals surface area contributed by atoms with E-state index in [2.05, 4.69) is 15.4 Å². The Morgan fingerprint density at radius 2 is 1.92 bits per heavy atom. The van der Waals surface area contributed by atoms with Gasteiger partial charge < -0.3 is 0 Å². The van der Waals surface area contributed by atoms with Gasteiger partial charge in [0, 0.05) is 16.1 Å². The normalized spacial score (nSPS) is 11.6. The molecule has 0 bridgehead atoms. The molecule has 3 aromatic rings. The topological polar surface area (TPSA) is 59.8 Å². The maximum Gasteiger partial charge on any atom is 0.434 e. The van der Waals surface area contributed by atoms with Crippen LogP contribution in [-0.2, 0) is 6.18 Å². The van der Waals surface area contributed by atoms with Crippen molar-refractivity contribution in [1.82, 2.24) is 14.8 Å². The fourth-order valence-corrected chi connectivity index (χ4v) is 2.93. The summed E-state index contributed by atoms with van der Waals surface area (Å²) < 4.78 is 41.3. The predicted molar refractivity (Wildman–Crippen MR) is 88.4 cm³/mol. The molecule has 0 aliphatic heterocycles. The number of nitrogens with zero attached hydrogens (tertiary/aromatic N) is 3. The standard InChI is InChI=1S/C15H10ClF3N4OS/c1-8-6-20-14(25-8)22-13(24)11-7-21-23(12(11)15(17,18)19)10-4-2-9(16)3-5-10/h2-7H,1H3,(H,20,22,24). The van der Waals surface area contributed by atoms with E-state index in [4.69, 9.17) is 11.6 Å². The fraction of sp³-hybridized carbons (Fsp3) is 0.133. The number of hydrogen-bond acceptors (Lipinski definition) is 4. The Morgan fingerprint density at radius 1 is 1.24 bits per heavy atom. The first-order valence-corrected chi connectivity index (χ1v) is 8.10. The van der Waals surface area contributed by atoms with Crippen LogP contribution in [0.25, 0.3) is 5.69 Å². The number of amides is 1. The number of thiazole rings is 1. The number of carbonyl (C=O) groups excluding carboxylic acids is 1. The lowest BCUT2D eigenvalue weighted by atomic mass is 10.2. The molecule has 2 aromatic heterocycles. The Kier molecular flexibility index (Phi) is 4.53. The van der Waals surface area contributed by atoms with Crippen molar-refractivity contribution in [2.24, 2.45) is 0 Å². The molecule has 0 unspecified atom stereocenters. The van der Waals surface area contributed by atoms with Gasteiger partial charge in [-0.25, -0.2) is 9.67 Å². The maximum atomic E-state index is 13.5. The third kappa shape index (κ3) is 3.67. The SMILES string of the molecule is Cc1cnc(NC(=O)c2cnn(-c3ccc(Cl)cc3)c2C(F)(F)F)s1. The molecule has 10 heteroatoms. The zero-order valence-electron chi connectivity index (χ0n) is 12.6. The van der Waals surface area contributed by atoms with Gasteiger partial charge in [-0.05, 0) is 31.2 Å². The van der Waals surface area contributed by atoms with Crippen molar-refractivity contribution in [3.8, 4) is 5.69 Å². The van der Waals surface area contributed by atoms with Gasteiger partial charge in [0.15, 0.2) is 10.8 Å². The van der Waals surface area contributed by atoms with E-state index in [1.165, 1.54) is 30.5 Å². The van der Waals surface area contributed by atoms with Crippen molar-refractivity contribution in [3.63, 3.8) is 0 Å². The Balaban J connectivity index is 2.02. The summed E-state index contributed by atoms with van der Waals surface area (Å²) in [4.78, 5) is 17.0. The van der Waals surface area contributed by atoms with Gasteiger partial charge in [0.25, 0.3) is 5.91 Å². The Morgan fingerprint density at radius 3 is 2.48 bits per heavy atom. The van der Waals surface area contributed by atoms with Crippen LogP contribution in [0.4, 0.5) is 18.3 Å². The second kappa shape index (κ2) is 6.49. The Labute approximate surface area is 149 Å². The molecule has 0 aliphatic rings. The summed E-state index contributed by atoms with van der Waals surface area (Å²) in [6.07, 6.45) is -2.38. The van der Waals surface area contributed by atoms with E-state index >= 15 is 0 Å². The quantitative estimate of drug-likeness (QED) is 0.717. The van der Waals surface area contributed by atoms with Gasteiger partial charge in [-0.15, -0.1) is 11.3 Å². The van der Waals surface area contributed by atoms with Crippen LogP contribution < -0.4 is 5.32 Å². The van der Waals surface area contributed by atoms with Crippen LogP contribution in [0.15, 0.2) is 36.7 Å². The predicted octanol–water partition coefficient (Wildman–Crippen LogP) is 4.56. The van der Waals surface area contributed by atoms with E-state index < -0.39 is 23.3 Å². The number of alkyl halides is 3.